The van der Waals surface area contributed by atoms with Crippen LogP contribution in [0, 0.1) is 0 Å². The molecule has 0 unspecified atom stereocenters. The molecule has 1 aromatic heterocycles. The molecule has 3 rings (SSSR count). The van der Waals surface area contributed by atoms with E-state index in [2.05, 4.69) is 0 Å². The van der Waals surface area contributed by atoms with Crippen LogP contribution in [0.15, 0.2) is 51.9 Å². The number of phenols is 3. The van der Waals surface area contributed by atoms with Gasteiger partial charge in [-0.05, 0) is 17.7 Å². The van der Waals surface area contributed by atoms with E-state index in [4.69, 9.17) is 4.42 Å². The van der Waals surface area contributed by atoms with E-state index in [0.29, 0.717) is 5.56 Å². The average molecular weight is 330 g/mol. The van der Waals surface area contributed by atoms with Gasteiger partial charge in [-0.1, -0.05) is 12.1 Å². The molecule has 0 aliphatic heterocycles. The summed E-state index contributed by atoms with van der Waals surface area (Å²) in [7, 11) is 0. The molecule has 3 aromatic rings. The topological polar surface area (TPSA) is 154 Å². The first-order valence-corrected chi connectivity index (χ1v) is 5.83. The van der Waals surface area contributed by atoms with Crippen LogP contribution in [0.5, 0.6) is 17.2 Å². The molecule has 0 atom stereocenters. The molecule has 0 saturated carbocycles. The van der Waals surface area contributed by atoms with Crippen LogP contribution in [0.3, 0.4) is 0 Å². The van der Waals surface area contributed by atoms with Gasteiger partial charge in [0.05, 0.1) is 5.56 Å². The molecular weight excluding hydrogens is 315 g/mol. The van der Waals surface area contributed by atoms with Crippen molar-refractivity contribution in [2.24, 2.45) is 0 Å². The molecule has 7 nitrogen and oxygen atoms in total. The van der Waals surface area contributed by atoms with Gasteiger partial charge in [-0.15, -0.1) is 0 Å². The third-order valence-electron chi connectivity index (χ3n) is 3.02. The van der Waals surface area contributed by atoms with Gasteiger partial charge in [0.2, 0.25) is 5.43 Å². The molecule has 7 N–H and O–H groups in total. The van der Waals surface area contributed by atoms with Gasteiger partial charge in [0.1, 0.15) is 34.5 Å². The monoisotopic (exact) mass is 330 g/mol. The Morgan fingerprint density at radius 3 is 2.09 bits per heavy atom. The minimum atomic E-state index is -0.408. The number of hydrogen-bond donors (Lipinski definition) is 3. The fourth-order valence-electron chi connectivity index (χ4n) is 2.06. The molecule has 0 radical (unpaired) electrons. The molecule has 0 amide bonds. The van der Waals surface area contributed by atoms with Crippen molar-refractivity contribution in [3.8, 4) is 28.4 Å². The number of benzene rings is 2. The normalized spacial score (nSPS) is 9.39. The molecule has 0 bridgehead atoms. The predicted molar refractivity (Wildman–Crippen MR) is 87.3 cm³/mol. The summed E-state index contributed by atoms with van der Waals surface area (Å²) < 4.78 is 5.29. The molecular formula is C15H15NaO7. The molecule has 23 heavy (non-hydrogen) atoms. The maximum atomic E-state index is 12.4. The van der Waals surface area contributed by atoms with Crippen LogP contribution in [-0.2, 0) is 0 Å². The molecule has 1 heterocycles. The predicted octanol–water partition coefficient (Wildman–Crippen LogP) is 0.279. The zero-order chi connectivity index (χ0) is 14.3. The van der Waals surface area contributed by atoms with Crippen molar-refractivity contribution in [2.45, 2.75) is 0 Å². The van der Waals surface area contributed by atoms with E-state index in [9.17, 15) is 20.1 Å². The zero-order valence-electron chi connectivity index (χ0n) is 11.2. The van der Waals surface area contributed by atoms with Crippen LogP contribution in [0.2, 0.25) is 0 Å². The molecule has 2 aromatic carbocycles. The van der Waals surface area contributed by atoms with E-state index in [0.717, 1.165) is 6.07 Å². The van der Waals surface area contributed by atoms with Gasteiger partial charge >= 0.3 is 29.6 Å². The molecule has 0 aliphatic rings. The Hall–Kier alpha value is -2.03. The summed E-state index contributed by atoms with van der Waals surface area (Å²) in [5, 5.41) is 28.4. The summed E-state index contributed by atoms with van der Waals surface area (Å²) in [6, 6.07) is 8.40. The fourth-order valence-corrected chi connectivity index (χ4v) is 2.06. The SMILES string of the molecule is O.O.O=c1c(-c2ccc(O)cc2)coc2cc(O)cc(O)c12.[NaH]. The first-order chi connectivity index (χ1) is 9.56. The second kappa shape index (κ2) is 8.00. The van der Waals surface area contributed by atoms with Gasteiger partial charge in [-0.3, -0.25) is 4.79 Å². The number of rotatable bonds is 1. The Bertz CT molecular complexity index is 856. The molecule has 118 valence electrons. The van der Waals surface area contributed by atoms with Crippen molar-refractivity contribution in [1.29, 1.82) is 0 Å². The number of aromatic hydroxyl groups is 3. The summed E-state index contributed by atoms with van der Waals surface area (Å²) in [6.07, 6.45) is 1.26. The third-order valence-corrected chi connectivity index (χ3v) is 3.02. The van der Waals surface area contributed by atoms with E-state index in [1.807, 2.05) is 0 Å². The third kappa shape index (κ3) is 3.84. The second-order valence-electron chi connectivity index (χ2n) is 4.36. The van der Waals surface area contributed by atoms with Crippen LogP contribution < -0.4 is 5.43 Å². The van der Waals surface area contributed by atoms with Crippen LogP contribution in [0.25, 0.3) is 22.1 Å². The summed E-state index contributed by atoms with van der Waals surface area (Å²) >= 11 is 0. The number of phenolic OH excluding ortho intramolecular Hbond substituents is 3. The standard InChI is InChI=1S/C15H10O5.Na.2H2O.H/c16-9-3-1-8(2-4-9)11-7-20-13-6-10(17)5-12(18)14(13)15(11)19;;;;/h1-7,16-18H;;2*1H2;. The Morgan fingerprint density at radius 2 is 1.48 bits per heavy atom. The van der Waals surface area contributed by atoms with Gasteiger partial charge in [0, 0.05) is 12.1 Å². The van der Waals surface area contributed by atoms with Crippen molar-refractivity contribution in [1.82, 2.24) is 0 Å². The summed E-state index contributed by atoms with van der Waals surface area (Å²) in [5.74, 6) is -0.434. The first-order valence-electron chi connectivity index (χ1n) is 5.83. The minimum absolute atomic E-state index is 0. The van der Waals surface area contributed by atoms with E-state index < -0.39 is 5.43 Å². The number of hydrogen-bond acceptors (Lipinski definition) is 5. The zero-order valence-corrected chi connectivity index (χ0v) is 11.2. The van der Waals surface area contributed by atoms with E-state index in [1.165, 1.54) is 24.5 Å². The van der Waals surface area contributed by atoms with Gasteiger partial charge in [0.15, 0.2) is 0 Å². The van der Waals surface area contributed by atoms with Crippen LogP contribution >= 0.6 is 0 Å². The fraction of sp³-hybridized carbons (Fsp3) is 0. The van der Waals surface area contributed by atoms with Gasteiger partial charge in [0.25, 0.3) is 0 Å². The molecule has 0 aliphatic carbocycles. The Labute approximate surface area is 152 Å². The summed E-state index contributed by atoms with van der Waals surface area (Å²) in [6.45, 7) is 0. The molecule has 0 spiro atoms. The maximum absolute atomic E-state index is 12.4. The molecule has 8 heteroatoms. The van der Waals surface area contributed by atoms with E-state index in [-0.39, 0.29) is 74.3 Å². The Balaban J connectivity index is 0.00000161. The summed E-state index contributed by atoms with van der Waals surface area (Å²) in [4.78, 5) is 12.4. The van der Waals surface area contributed by atoms with Crippen molar-refractivity contribution >= 4 is 40.5 Å². The first kappa shape index (κ1) is 21.0. The number of fused-ring (bicyclic) bond motifs is 1. The van der Waals surface area contributed by atoms with Crippen molar-refractivity contribution < 1.29 is 30.7 Å². The van der Waals surface area contributed by atoms with Crippen molar-refractivity contribution in [3.05, 3.63) is 52.9 Å². The molecule has 0 saturated heterocycles. The molecule has 0 fully saturated rings. The van der Waals surface area contributed by atoms with E-state index >= 15 is 0 Å². The van der Waals surface area contributed by atoms with Crippen molar-refractivity contribution in [3.63, 3.8) is 0 Å². The van der Waals surface area contributed by atoms with Crippen LogP contribution in [0.1, 0.15) is 0 Å². The van der Waals surface area contributed by atoms with Crippen LogP contribution in [-0.4, -0.2) is 55.8 Å². The second-order valence-corrected chi connectivity index (χ2v) is 4.36. The van der Waals surface area contributed by atoms with Gasteiger partial charge in [-0.25, -0.2) is 0 Å². The Kier molecular flexibility index (Phi) is 7.29. The summed E-state index contributed by atoms with van der Waals surface area (Å²) in [5.41, 5.74) is 0.522. The van der Waals surface area contributed by atoms with Gasteiger partial charge in [-0.2, -0.15) is 0 Å². The van der Waals surface area contributed by atoms with E-state index in [1.54, 1.807) is 12.1 Å². The van der Waals surface area contributed by atoms with Gasteiger partial charge < -0.3 is 30.7 Å². The average Bonchev–Trinajstić information content (AvgIpc) is 2.39. The quantitative estimate of drug-likeness (QED) is 0.547. The Morgan fingerprint density at radius 1 is 0.870 bits per heavy atom. The van der Waals surface area contributed by atoms with Crippen LogP contribution in [0.4, 0.5) is 0 Å². The van der Waals surface area contributed by atoms with Crippen molar-refractivity contribution in [2.75, 3.05) is 0 Å².